The van der Waals surface area contributed by atoms with Crippen LogP contribution >= 0.6 is 0 Å². The Morgan fingerprint density at radius 2 is 1.65 bits per heavy atom. The lowest BCUT2D eigenvalue weighted by Gasteiger charge is -2.24. The first kappa shape index (κ1) is 16.9. The Morgan fingerprint density at radius 3 is 2.12 bits per heavy atom. The minimum absolute atomic E-state index is 0.355. The van der Waals surface area contributed by atoms with Gasteiger partial charge < -0.3 is 10.1 Å². The maximum Gasteiger partial charge on any atom is 0.0722 e. The average molecular weight is 243 g/mol. The molecule has 104 valence electrons. The molecule has 0 fully saturated rings. The zero-order valence-corrected chi connectivity index (χ0v) is 12.8. The Balaban J connectivity index is 3.82. The van der Waals surface area contributed by atoms with E-state index in [9.17, 15) is 0 Å². The van der Waals surface area contributed by atoms with Gasteiger partial charge in [0.25, 0.3) is 0 Å². The van der Waals surface area contributed by atoms with E-state index >= 15 is 0 Å². The van der Waals surface area contributed by atoms with Crippen molar-refractivity contribution < 1.29 is 4.74 Å². The maximum atomic E-state index is 6.04. The van der Waals surface area contributed by atoms with Crippen LogP contribution in [-0.2, 0) is 4.74 Å². The Morgan fingerprint density at radius 1 is 1.00 bits per heavy atom. The first-order chi connectivity index (χ1) is 7.97. The minimum atomic E-state index is 0.355. The van der Waals surface area contributed by atoms with E-state index < -0.39 is 0 Å². The van der Waals surface area contributed by atoms with E-state index in [1.54, 1.807) is 0 Å². The van der Waals surface area contributed by atoms with E-state index in [2.05, 4.69) is 46.9 Å². The molecule has 1 N–H and O–H groups in total. The molecule has 0 aromatic rings. The van der Waals surface area contributed by atoms with E-state index in [4.69, 9.17) is 4.74 Å². The van der Waals surface area contributed by atoms with Gasteiger partial charge in [-0.1, -0.05) is 48.0 Å². The molecular formula is C15H33NO. The first-order valence-corrected chi connectivity index (χ1v) is 7.29. The highest BCUT2D eigenvalue weighted by Crippen LogP contribution is 2.11. The molecule has 0 spiro atoms. The maximum absolute atomic E-state index is 6.04. The molecule has 2 heteroatoms. The predicted molar refractivity (Wildman–Crippen MR) is 76.4 cm³/mol. The molecule has 0 amide bonds. The van der Waals surface area contributed by atoms with Crippen molar-refractivity contribution in [2.75, 3.05) is 19.7 Å². The van der Waals surface area contributed by atoms with Crippen LogP contribution in [0.3, 0.4) is 0 Å². The van der Waals surface area contributed by atoms with Crippen molar-refractivity contribution >= 4 is 0 Å². The molecule has 0 saturated heterocycles. The lowest BCUT2D eigenvalue weighted by atomic mass is 10.1. The van der Waals surface area contributed by atoms with Crippen molar-refractivity contribution in [2.45, 2.75) is 60.5 Å². The fourth-order valence-electron chi connectivity index (χ4n) is 1.87. The zero-order chi connectivity index (χ0) is 13.3. The van der Waals surface area contributed by atoms with Crippen LogP contribution in [-0.4, -0.2) is 25.8 Å². The Hall–Kier alpha value is -0.0800. The Kier molecular flexibility index (Phi) is 9.85. The molecule has 0 aromatic heterocycles. The van der Waals surface area contributed by atoms with Gasteiger partial charge in [0.15, 0.2) is 0 Å². The van der Waals surface area contributed by atoms with Crippen molar-refractivity contribution in [1.82, 2.24) is 5.32 Å². The van der Waals surface area contributed by atoms with Crippen LogP contribution in [0.4, 0.5) is 0 Å². The van der Waals surface area contributed by atoms with Crippen LogP contribution in [0.2, 0.25) is 0 Å². The monoisotopic (exact) mass is 243 g/mol. The summed E-state index contributed by atoms with van der Waals surface area (Å²) >= 11 is 0. The third-order valence-electron chi connectivity index (χ3n) is 3.02. The van der Waals surface area contributed by atoms with E-state index in [1.165, 1.54) is 12.8 Å². The van der Waals surface area contributed by atoms with Crippen LogP contribution in [0.1, 0.15) is 54.4 Å². The average Bonchev–Trinajstić information content (AvgIpc) is 2.22. The summed E-state index contributed by atoms with van der Waals surface area (Å²) in [6, 6.07) is 0. The second-order valence-electron chi connectivity index (χ2n) is 6.06. The second kappa shape index (κ2) is 9.90. The highest BCUT2D eigenvalue weighted by Gasteiger charge is 2.14. The van der Waals surface area contributed by atoms with Gasteiger partial charge >= 0.3 is 0 Å². The van der Waals surface area contributed by atoms with Crippen molar-refractivity contribution in [1.29, 1.82) is 0 Å². The van der Waals surface area contributed by atoms with Gasteiger partial charge in [-0.05, 0) is 30.7 Å². The smallest absolute Gasteiger partial charge is 0.0722 e. The van der Waals surface area contributed by atoms with Gasteiger partial charge in [0, 0.05) is 13.2 Å². The molecular weight excluding hydrogens is 210 g/mol. The highest BCUT2D eigenvalue weighted by atomic mass is 16.5. The lowest BCUT2D eigenvalue weighted by Crippen LogP contribution is -2.35. The molecule has 0 bridgehead atoms. The largest absolute Gasteiger partial charge is 0.376 e. The topological polar surface area (TPSA) is 21.3 Å². The van der Waals surface area contributed by atoms with Crippen LogP contribution in [0.15, 0.2) is 0 Å². The van der Waals surface area contributed by atoms with E-state index in [-0.39, 0.29) is 0 Å². The summed E-state index contributed by atoms with van der Waals surface area (Å²) in [7, 11) is 0. The molecule has 0 aliphatic carbocycles. The summed E-state index contributed by atoms with van der Waals surface area (Å²) in [6.07, 6.45) is 2.88. The lowest BCUT2D eigenvalue weighted by molar-refractivity contribution is 0.00403. The summed E-state index contributed by atoms with van der Waals surface area (Å²) in [4.78, 5) is 0. The number of hydrogen-bond acceptors (Lipinski definition) is 2. The third-order valence-corrected chi connectivity index (χ3v) is 3.02. The summed E-state index contributed by atoms with van der Waals surface area (Å²) < 4.78 is 6.04. The van der Waals surface area contributed by atoms with E-state index in [0.717, 1.165) is 19.7 Å². The van der Waals surface area contributed by atoms with Gasteiger partial charge in [0.2, 0.25) is 0 Å². The number of hydrogen-bond donors (Lipinski definition) is 1. The standard InChI is InChI=1S/C15H33NO/c1-7-8-14(6)11-17-15(13(4)5)10-16-9-12(2)3/h12-16H,7-11H2,1-6H3. The van der Waals surface area contributed by atoms with Crippen LogP contribution in [0.5, 0.6) is 0 Å². The van der Waals surface area contributed by atoms with Gasteiger partial charge in [0.05, 0.1) is 6.10 Å². The number of rotatable bonds is 10. The Bertz CT molecular complexity index is 168. The fourth-order valence-corrected chi connectivity index (χ4v) is 1.87. The second-order valence-corrected chi connectivity index (χ2v) is 6.06. The first-order valence-electron chi connectivity index (χ1n) is 7.29. The fraction of sp³-hybridized carbons (Fsp3) is 1.00. The third kappa shape index (κ3) is 9.61. The van der Waals surface area contributed by atoms with E-state index in [0.29, 0.717) is 23.9 Å². The summed E-state index contributed by atoms with van der Waals surface area (Å²) in [5.74, 6) is 1.98. The van der Waals surface area contributed by atoms with Crippen LogP contribution in [0, 0.1) is 17.8 Å². The molecule has 2 nitrogen and oxygen atoms in total. The zero-order valence-electron chi connectivity index (χ0n) is 12.8. The van der Waals surface area contributed by atoms with Gasteiger partial charge in [-0.2, -0.15) is 0 Å². The molecule has 0 aliphatic heterocycles. The number of nitrogens with one attached hydrogen (secondary N) is 1. The molecule has 2 atom stereocenters. The molecule has 0 aliphatic rings. The molecule has 0 aromatic carbocycles. The van der Waals surface area contributed by atoms with Gasteiger partial charge in [-0.3, -0.25) is 0 Å². The highest BCUT2D eigenvalue weighted by molar-refractivity contribution is 4.67. The van der Waals surface area contributed by atoms with Crippen molar-refractivity contribution in [3.8, 4) is 0 Å². The SMILES string of the molecule is CCCC(C)COC(CNCC(C)C)C(C)C. The molecule has 0 heterocycles. The van der Waals surface area contributed by atoms with Crippen LogP contribution < -0.4 is 5.32 Å². The van der Waals surface area contributed by atoms with Crippen molar-refractivity contribution in [2.24, 2.45) is 17.8 Å². The van der Waals surface area contributed by atoms with Gasteiger partial charge in [-0.25, -0.2) is 0 Å². The molecule has 2 unspecified atom stereocenters. The molecule has 17 heavy (non-hydrogen) atoms. The minimum Gasteiger partial charge on any atom is -0.376 e. The van der Waals surface area contributed by atoms with Crippen molar-refractivity contribution in [3.63, 3.8) is 0 Å². The Labute approximate surface area is 109 Å². The normalized spacial score (nSPS) is 15.5. The van der Waals surface area contributed by atoms with Crippen LogP contribution in [0.25, 0.3) is 0 Å². The molecule has 0 rings (SSSR count). The molecule has 0 saturated carbocycles. The summed E-state index contributed by atoms with van der Waals surface area (Å²) in [6.45, 7) is 16.4. The van der Waals surface area contributed by atoms with Gasteiger partial charge in [0.1, 0.15) is 0 Å². The predicted octanol–water partition coefficient (Wildman–Crippen LogP) is 3.71. The van der Waals surface area contributed by atoms with Gasteiger partial charge in [-0.15, -0.1) is 0 Å². The summed E-state index contributed by atoms with van der Waals surface area (Å²) in [5.41, 5.74) is 0. The number of ether oxygens (including phenoxy) is 1. The molecule has 0 radical (unpaired) electrons. The van der Waals surface area contributed by atoms with Crippen molar-refractivity contribution in [3.05, 3.63) is 0 Å². The van der Waals surface area contributed by atoms with E-state index in [1.807, 2.05) is 0 Å². The summed E-state index contributed by atoms with van der Waals surface area (Å²) in [5, 5.41) is 3.50. The quantitative estimate of drug-likeness (QED) is 0.631.